The van der Waals surface area contributed by atoms with Crippen LogP contribution >= 0.6 is 31.9 Å². The summed E-state index contributed by atoms with van der Waals surface area (Å²) in [5.41, 5.74) is 1.05. The maximum absolute atomic E-state index is 11.1. The summed E-state index contributed by atoms with van der Waals surface area (Å²) in [6, 6.07) is 4.16. The molecule has 0 bridgehead atoms. The van der Waals surface area contributed by atoms with E-state index < -0.39 is 0 Å². The predicted molar refractivity (Wildman–Crippen MR) is 76.6 cm³/mol. The Morgan fingerprint density at radius 1 is 1.50 bits per heavy atom. The number of carbonyl (C=O) groups excluding carboxylic acids is 1. The number of benzene rings is 1. The van der Waals surface area contributed by atoms with Crippen molar-refractivity contribution in [3.63, 3.8) is 0 Å². The Hall–Kier alpha value is -0.590. The molecule has 0 saturated carbocycles. The van der Waals surface area contributed by atoms with Crippen LogP contribution in [0.5, 0.6) is 5.75 Å². The maximum atomic E-state index is 11.1. The molecular weight excluding hydrogens is 364 g/mol. The van der Waals surface area contributed by atoms with Gasteiger partial charge in [-0.3, -0.25) is 4.79 Å². The van der Waals surface area contributed by atoms with Gasteiger partial charge in [-0.25, -0.2) is 0 Å². The Morgan fingerprint density at radius 3 is 2.89 bits per heavy atom. The predicted octanol–water partition coefficient (Wildman–Crippen LogP) is 2.20. The quantitative estimate of drug-likeness (QED) is 0.845. The van der Waals surface area contributed by atoms with Crippen molar-refractivity contribution in [3.8, 4) is 5.75 Å². The molecule has 1 aromatic rings. The van der Waals surface area contributed by atoms with Gasteiger partial charge in [0.05, 0.1) is 11.6 Å². The Morgan fingerprint density at radius 2 is 2.28 bits per heavy atom. The second kappa shape index (κ2) is 6.04. The van der Waals surface area contributed by atoms with Gasteiger partial charge >= 0.3 is 0 Å². The van der Waals surface area contributed by atoms with Crippen LogP contribution in [0.3, 0.4) is 0 Å². The maximum Gasteiger partial charge on any atom is 0.221 e. The van der Waals surface area contributed by atoms with Gasteiger partial charge in [0, 0.05) is 35.6 Å². The normalized spacial score (nSPS) is 18.8. The van der Waals surface area contributed by atoms with Crippen molar-refractivity contribution in [3.05, 3.63) is 26.6 Å². The molecule has 1 fully saturated rings. The van der Waals surface area contributed by atoms with Crippen molar-refractivity contribution in [2.45, 2.75) is 19.0 Å². The first kappa shape index (κ1) is 13.8. The number of ether oxygens (including phenoxy) is 1. The van der Waals surface area contributed by atoms with E-state index in [9.17, 15) is 4.79 Å². The van der Waals surface area contributed by atoms with Crippen LogP contribution in [-0.4, -0.2) is 25.6 Å². The largest absolute Gasteiger partial charge is 0.495 e. The number of methoxy groups -OCH3 is 1. The van der Waals surface area contributed by atoms with Gasteiger partial charge in [0.15, 0.2) is 0 Å². The van der Waals surface area contributed by atoms with Gasteiger partial charge in [-0.1, -0.05) is 15.9 Å². The van der Waals surface area contributed by atoms with Crippen molar-refractivity contribution in [1.29, 1.82) is 0 Å². The van der Waals surface area contributed by atoms with Gasteiger partial charge in [-0.05, 0) is 28.1 Å². The first-order valence-corrected chi connectivity index (χ1v) is 7.20. The molecule has 1 aliphatic rings. The van der Waals surface area contributed by atoms with Gasteiger partial charge in [0.1, 0.15) is 5.75 Å². The van der Waals surface area contributed by atoms with Gasteiger partial charge in [-0.2, -0.15) is 0 Å². The lowest BCUT2D eigenvalue weighted by Crippen LogP contribution is -2.30. The zero-order valence-corrected chi connectivity index (χ0v) is 13.1. The summed E-state index contributed by atoms with van der Waals surface area (Å²) in [5, 5.41) is 6.16. The summed E-state index contributed by atoms with van der Waals surface area (Å²) in [5.74, 6) is 0.929. The van der Waals surface area contributed by atoms with Crippen molar-refractivity contribution < 1.29 is 9.53 Å². The van der Waals surface area contributed by atoms with Crippen molar-refractivity contribution >= 4 is 37.8 Å². The van der Waals surface area contributed by atoms with E-state index in [0.29, 0.717) is 19.5 Å². The highest BCUT2D eigenvalue weighted by Gasteiger charge is 2.21. The van der Waals surface area contributed by atoms with Gasteiger partial charge in [0.2, 0.25) is 5.91 Å². The monoisotopic (exact) mass is 376 g/mol. The van der Waals surface area contributed by atoms with E-state index in [1.54, 1.807) is 7.11 Å². The minimum atomic E-state index is 0.106. The molecule has 1 unspecified atom stereocenters. The van der Waals surface area contributed by atoms with E-state index in [-0.39, 0.29) is 11.9 Å². The molecule has 0 radical (unpaired) electrons. The van der Waals surface area contributed by atoms with Gasteiger partial charge in [-0.15, -0.1) is 0 Å². The smallest absolute Gasteiger partial charge is 0.221 e. The lowest BCUT2D eigenvalue weighted by Gasteiger charge is -2.14. The van der Waals surface area contributed by atoms with E-state index >= 15 is 0 Å². The molecular formula is C12H14Br2N2O2. The third kappa shape index (κ3) is 3.24. The van der Waals surface area contributed by atoms with Crippen LogP contribution in [0.1, 0.15) is 12.0 Å². The molecule has 4 nitrogen and oxygen atoms in total. The highest BCUT2D eigenvalue weighted by molar-refractivity contribution is 9.11. The molecule has 18 heavy (non-hydrogen) atoms. The van der Waals surface area contributed by atoms with Crippen LogP contribution in [-0.2, 0) is 11.3 Å². The molecule has 98 valence electrons. The van der Waals surface area contributed by atoms with Crippen LogP contribution < -0.4 is 15.4 Å². The number of hydrogen-bond donors (Lipinski definition) is 2. The topological polar surface area (TPSA) is 50.4 Å². The molecule has 2 N–H and O–H groups in total. The van der Waals surface area contributed by atoms with Crippen LogP contribution in [0.2, 0.25) is 0 Å². The number of hydrogen-bond acceptors (Lipinski definition) is 3. The molecule has 1 aromatic carbocycles. The molecule has 1 aliphatic heterocycles. The van der Waals surface area contributed by atoms with Crippen LogP contribution in [0.4, 0.5) is 0 Å². The number of nitrogens with one attached hydrogen (secondary N) is 2. The zero-order chi connectivity index (χ0) is 13.1. The average Bonchev–Trinajstić information content (AvgIpc) is 2.72. The molecule has 1 heterocycles. The van der Waals surface area contributed by atoms with E-state index in [1.807, 2.05) is 12.1 Å². The summed E-state index contributed by atoms with van der Waals surface area (Å²) in [7, 11) is 1.65. The summed E-state index contributed by atoms with van der Waals surface area (Å²) in [6.07, 6.45) is 0.539. The summed E-state index contributed by atoms with van der Waals surface area (Å²) in [6.45, 7) is 1.36. The SMILES string of the molecule is COc1c(Br)cc(Br)cc1CNC1CNC(=O)C1. The molecule has 2 rings (SSSR count). The first-order valence-electron chi connectivity index (χ1n) is 5.62. The van der Waals surface area contributed by atoms with Gasteiger partial charge < -0.3 is 15.4 Å². The highest BCUT2D eigenvalue weighted by Crippen LogP contribution is 2.32. The molecule has 1 atom stereocenters. The van der Waals surface area contributed by atoms with E-state index in [0.717, 1.165) is 20.3 Å². The fourth-order valence-corrected chi connectivity index (χ4v) is 3.45. The Kier molecular flexibility index (Phi) is 4.64. The molecule has 0 aromatic heterocycles. The molecule has 0 aliphatic carbocycles. The molecule has 1 saturated heterocycles. The zero-order valence-electron chi connectivity index (χ0n) is 9.93. The third-order valence-corrected chi connectivity index (χ3v) is 3.89. The first-order chi connectivity index (χ1) is 8.60. The molecule has 0 spiro atoms. The van der Waals surface area contributed by atoms with Crippen molar-refractivity contribution in [2.75, 3.05) is 13.7 Å². The van der Waals surface area contributed by atoms with Crippen LogP contribution in [0.25, 0.3) is 0 Å². The lowest BCUT2D eigenvalue weighted by atomic mass is 10.1. The van der Waals surface area contributed by atoms with Crippen molar-refractivity contribution in [1.82, 2.24) is 10.6 Å². The minimum Gasteiger partial charge on any atom is -0.495 e. The van der Waals surface area contributed by atoms with Crippen LogP contribution in [0.15, 0.2) is 21.1 Å². The summed E-state index contributed by atoms with van der Waals surface area (Å²) < 4.78 is 7.28. The van der Waals surface area contributed by atoms with E-state index in [1.165, 1.54) is 0 Å². The Bertz CT molecular complexity index is 466. The van der Waals surface area contributed by atoms with E-state index in [2.05, 4.69) is 42.5 Å². The van der Waals surface area contributed by atoms with Gasteiger partial charge in [0.25, 0.3) is 0 Å². The standard InChI is InChI=1S/C12H14Br2N2O2/c1-18-12-7(2-8(13)3-10(12)14)5-15-9-4-11(17)16-6-9/h2-3,9,15H,4-6H2,1H3,(H,16,17). The summed E-state index contributed by atoms with van der Waals surface area (Å²) in [4.78, 5) is 11.1. The van der Waals surface area contributed by atoms with Crippen molar-refractivity contribution in [2.24, 2.45) is 0 Å². The lowest BCUT2D eigenvalue weighted by molar-refractivity contribution is -0.119. The minimum absolute atomic E-state index is 0.106. The summed E-state index contributed by atoms with van der Waals surface area (Å²) >= 11 is 6.93. The highest BCUT2D eigenvalue weighted by atomic mass is 79.9. The average molecular weight is 378 g/mol. The number of amides is 1. The third-order valence-electron chi connectivity index (χ3n) is 2.85. The number of rotatable bonds is 4. The molecule has 1 amide bonds. The second-order valence-electron chi connectivity index (χ2n) is 4.17. The van der Waals surface area contributed by atoms with E-state index in [4.69, 9.17) is 4.74 Å². The Balaban J connectivity index is 2.06. The molecule has 6 heteroatoms. The van der Waals surface area contributed by atoms with Crippen LogP contribution in [0, 0.1) is 0 Å². The second-order valence-corrected chi connectivity index (χ2v) is 5.94. The fourth-order valence-electron chi connectivity index (χ4n) is 1.98. The number of halogens is 2. The fraction of sp³-hybridized carbons (Fsp3) is 0.417. The number of carbonyl (C=O) groups is 1. The Labute approximate surface area is 123 Å².